The van der Waals surface area contributed by atoms with E-state index in [-0.39, 0.29) is 0 Å². The molecule has 0 fully saturated rings. The zero-order chi connectivity index (χ0) is 16.4. The first-order valence-electron chi connectivity index (χ1n) is 7.41. The van der Waals surface area contributed by atoms with Crippen molar-refractivity contribution in [2.75, 3.05) is 28.7 Å². The summed E-state index contributed by atoms with van der Waals surface area (Å²) >= 11 is 0. The Hall–Kier alpha value is -1.80. The van der Waals surface area contributed by atoms with Gasteiger partial charge in [0.25, 0.3) is 0 Å². The molecule has 7 heteroatoms. The van der Waals surface area contributed by atoms with Gasteiger partial charge in [-0.15, -0.1) is 0 Å². The van der Waals surface area contributed by atoms with E-state index in [2.05, 4.69) is 5.32 Å². The number of halogens is 1. The highest BCUT2D eigenvalue weighted by Gasteiger charge is 2.41. The number of anilines is 3. The number of fused-ring (bicyclic) bond motifs is 1. The SMILES string of the molecule is CNCCCN1c2ccccc2N(c2cccc(F)c2)S1(O)O. The first kappa shape index (κ1) is 16.1. The van der Waals surface area contributed by atoms with Crippen molar-refractivity contribution in [1.29, 1.82) is 0 Å². The van der Waals surface area contributed by atoms with Crippen LogP contribution in [0.15, 0.2) is 48.5 Å². The predicted molar refractivity (Wildman–Crippen MR) is 93.7 cm³/mol. The molecule has 2 aromatic carbocycles. The minimum Gasteiger partial charge on any atom is -0.320 e. The molecule has 2 aromatic rings. The lowest BCUT2D eigenvalue weighted by molar-refractivity contribution is 0.483. The highest BCUT2D eigenvalue weighted by atomic mass is 32.3. The van der Waals surface area contributed by atoms with Crippen molar-refractivity contribution in [3.8, 4) is 0 Å². The van der Waals surface area contributed by atoms with Crippen LogP contribution in [0.4, 0.5) is 21.5 Å². The second kappa shape index (κ2) is 6.37. The average molecular weight is 337 g/mol. The van der Waals surface area contributed by atoms with Crippen LogP contribution in [0.1, 0.15) is 6.42 Å². The van der Waals surface area contributed by atoms with Crippen LogP contribution in [0.2, 0.25) is 0 Å². The topological polar surface area (TPSA) is 59.0 Å². The molecular weight excluding hydrogens is 317 g/mol. The maximum atomic E-state index is 13.6. The first-order valence-corrected chi connectivity index (χ1v) is 8.87. The maximum absolute atomic E-state index is 13.6. The number of para-hydroxylation sites is 2. The van der Waals surface area contributed by atoms with E-state index >= 15 is 0 Å². The normalized spacial score (nSPS) is 17.2. The second-order valence-corrected chi connectivity index (χ2v) is 7.10. The third-order valence-electron chi connectivity index (χ3n) is 3.74. The van der Waals surface area contributed by atoms with Crippen LogP contribution in [-0.2, 0) is 0 Å². The molecule has 1 aliphatic heterocycles. The summed E-state index contributed by atoms with van der Waals surface area (Å²) in [4.78, 5) is 0. The Morgan fingerprint density at radius 2 is 1.83 bits per heavy atom. The first-order chi connectivity index (χ1) is 11.1. The molecule has 3 N–H and O–H groups in total. The Morgan fingerprint density at radius 1 is 1.09 bits per heavy atom. The van der Waals surface area contributed by atoms with Gasteiger partial charge in [-0.2, -0.15) is 0 Å². The number of nitrogens with one attached hydrogen (secondary N) is 1. The van der Waals surface area contributed by atoms with Crippen molar-refractivity contribution in [1.82, 2.24) is 5.32 Å². The van der Waals surface area contributed by atoms with Gasteiger partial charge >= 0.3 is 0 Å². The number of benzene rings is 2. The van der Waals surface area contributed by atoms with Crippen LogP contribution in [0.3, 0.4) is 0 Å². The van der Waals surface area contributed by atoms with Gasteiger partial charge in [-0.1, -0.05) is 18.2 Å². The van der Waals surface area contributed by atoms with Gasteiger partial charge < -0.3 is 5.32 Å². The Balaban J connectivity index is 2.03. The second-order valence-electron chi connectivity index (χ2n) is 5.31. The van der Waals surface area contributed by atoms with Crippen molar-refractivity contribution in [2.24, 2.45) is 0 Å². The van der Waals surface area contributed by atoms with E-state index in [1.54, 1.807) is 16.4 Å². The molecule has 124 valence electrons. The highest BCUT2D eigenvalue weighted by Crippen LogP contribution is 2.63. The molecule has 0 bridgehead atoms. The van der Waals surface area contributed by atoms with Crippen LogP contribution < -0.4 is 13.9 Å². The molecule has 0 unspecified atom stereocenters. The molecule has 0 aliphatic carbocycles. The quantitative estimate of drug-likeness (QED) is 0.721. The van der Waals surface area contributed by atoms with Crippen LogP contribution in [0.25, 0.3) is 0 Å². The molecule has 1 aliphatic rings. The fraction of sp³-hybridized carbons (Fsp3) is 0.250. The zero-order valence-corrected chi connectivity index (χ0v) is 13.6. The van der Waals surface area contributed by atoms with E-state index in [1.807, 2.05) is 31.3 Å². The predicted octanol–water partition coefficient (Wildman–Crippen LogP) is 3.97. The van der Waals surface area contributed by atoms with Crippen LogP contribution in [0.5, 0.6) is 0 Å². The lowest BCUT2D eigenvalue weighted by Gasteiger charge is -2.43. The lowest BCUT2D eigenvalue weighted by Crippen LogP contribution is -2.32. The summed E-state index contributed by atoms with van der Waals surface area (Å²) in [7, 11) is -1.41. The Bertz CT molecular complexity index is 699. The van der Waals surface area contributed by atoms with Gasteiger partial charge in [-0.05, 0) is 61.3 Å². The molecule has 0 amide bonds. The fourth-order valence-electron chi connectivity index (χ4n) is 2.73. The molecule has 23 heavy (non-hydrogen) atoms. The molecule has 0 spiro atoms. The molecule has 0 atom stereocenters. The minimum absolute atomic E-state index is 0.413. The fourth-order valence-corrected chi connectivity index (χ4v) is 4.54. The van der Waals surface area contributed by atoms with Crippen molar-refractivity contribution in [3.63, 3.8) is 0 Å². The van der Waals surface area contributed by atoms with Gasteiger partial charge in [-0.3, -0.25) is 13.4 Å². The summed E-state index contributed by atoms with van der Waals surface area (Å²) in [5.74, 6) is -0.413. The van der Waals surface area contributed by atoms with Crippen molar-refractivity contribution < 1.29 is 13.5 Å². The van der Waals surface area contributed by atoms with Gasteiger partial charge in [0.2, 0.25) is 0 Å². The molecule has 5 nitrogen and oxygen atoms in total. The van der Waals surface area contributed by atoms with E-state index in [4.69, 9.17) is 0 Å². The molecular formula is C16H20FN3O2S. The zero-order valence-electron chi connectivity index (χ0n) is 12.8. The molecule has 3 rings (SSSR count). The minimum atomic E-state index is -3.27. The maximum Gasteiger partial charge on any atom is 0.125 e. The average Bonchev–Trinajstić information content (AvgIpc) is 2.74. The summed E-state index contributed by atoms with van der Waals surface area (Å²) in [6.07, 6.45) is 0.762. The van der Waals surface area contributed by atoms with Crippen LogP contribution in [-0.4, -0.2) is 29.2 Å². The van der Waals surface area contributed by atoms with E-state index in [9.17, 15) is 13.5 Å². The third kappa shape index (κ3) is 2.88. The van der Waals surface area contributed by atoms with E-state index in [0.717, 1.165) is 18.7 Å². The Labute approximate surface area is 137 Å². The summed E-state index contributed by atoms with van der Waals surface area (Å²) in [5.41, 5.74) is 1.84. The molecule has 1 heterocycles. The molecule has 0 aromatic heterocycles. The van der Waals surface area contributed by atoms with E-state index < -0.39 is 16.8 Å². The van der Waals surface area contributed by atoms with Gasteiger partial charge in [-0.25, -0.2) is 8.70 Å². The lowest BCUT2D eigenvalue weighted by atomic mass is 10.2. The summed E-state index contributed by atoms with van der Waals surface area (Å²) in [5, 5.41) is 3.05. The standard InChI is InChI=1S/C16H20FN3O2S/c1-18-10-5-11-19-15-8-2-3-9-16(15)20(23(19,21)22)14-7-4-6-13(17)12-14/h2-4,6-9,12,18,21-22H,5,10-11H2,1H3. The van der Waals surface area contributed by atoms with Crippen molar-refractivity contribution >= 4 is 28.0 Å². The smallest absolute Gasteiger partial charge is 0.125 e. The van der Waals surface area contributed by atoms with Gasteiger partial charge in [0.05, 0.1) is 17.1 Å². The van der Waals surface area contributed by atoms with Gasteiger partial charge in [0.15, 0.2) is 0 Å². The number of hydrogen-bond acceptors (Lipinski definition) is 5. The van der Waals surface area contributed by atoms with Crippen LogP contribution in [0, 0.1) is 5.82 Å². The molecule has 0 radical (unpaired) electrons. The Kier molecular flexibility index (Phi) is 4.45. The molecule has 0 saturated heterocycles. The van der Waals surface area contributed by atoms with Gasteiger partial charge in [0.1, 0.15) is 5.82 Å². The Morgan fingerprint density at radius 3 is 2.52 bits per heavy atom. The summed E-state index contributed by atoms with van der Waals surface area (Å²) < 4.78 is 38.3. The number of rotatable bonds is 5. The molecule has 0 saturated carbocycles. The van der Waals surface area contributed by atoms with Crippen LogP contribution >= 0.6 is 11.0 Å². The van der Waals surface area contributed by atoms with Crippen molar-refractivity contribution in [3.05, 3.63) is 54.3 Å². The number of nitrogens with zero attached hydrogens (tertiary/aromatic N) is 2. The largest absolute Gasteiger partial charge is 0.320 e. The van der Waals surface area contributed by atoms with Gasteiger partial charge in [0, 0.05) is 6.54 Å². The number of hydrogen-bond donors (Lipinski definition) is 3. The van der Waals surface area contributed by atoms with E-state index in [1.165, 1.54) is 16.4 Å². The van der Waals surface area contributed by atoms with Crippen molar-refractivity contribution in [2.45, 2.75) is 6.42 Å². The van der Waals surface area contributed by atoms with E-state index in [0.29, 0.717) is 17.9 Å². The monoisotopic (exact) mass is 337 g/mol. The third-order valence-corrected chi connectivity index (χ3v) is 5.61. The highest BCUT2D eigenvalue weighted by molar-refractivity contribution is 8.27. The summed E-state index contributed by atoms with van der Waals surface area (Å²) in [6.45, 7) is 1.26. The summed E-state index contributed by atoms with van der Waals surface area (Å²) in [6, 6.07) is 13.2.